The number of amidine groups is 1. The summed E-state index contributed by atoms with van der Waals surface area (Å²) in [5, 5.41) is 11.7. The van der Waals surface area contributed by atoms with Crippen molar-refractivity contribution in [2.75, 3.05) is 6.54 Å². The molecule has 9 heteroatoms. The van der Waals surface area contributed by atoms with Gasteiger partial charge in [-0.1, -0.05) is 5.16 Å². The SMILES string of the molecule is Cc1sc(Br)cc1S(=O)(=O)N1CCCC1C(N)=NO. The second kappa shape index (κ2) is 5.39. The summed E-state index contributed by atoms with van der Waals surface area (Å²) in [5.74, 6) is -0.0620. The molecule has 1 aliphatic heterocycles. The van der Waals surface area contributed by atoms with Gasteiger partial charge in [0.15, 0.2) is 5.84 Å². The van der Waals surface area contributed by atoms with Gasteiger partial charge in [0.05, 0.1) is 14.7 Å². The Morgan fingerprint density at radius 2 is 2.37 bits per heavy atom. The lowest BCUT2D eigenvalue weighted by atomic mass is 10.2. The Kier molecular flexibility index (Phi) is 4.19. The first-order valence-corrected chi connectivity index (χ1v) is 8.68. The summed E-state index contributed by atoms with van der Waals surface area (Å²) < 4.78 is 27.3. The van der Waals surface area contributed by atoms with E-state index in [1.807, 2.05) is 0 Å². The average Bonchev–Trinajstić information content (AvgIpc) is 2.95. The fraction of sp³-hybridized carbons (Fsp3) is 0.500. The molecular formula is C10H14BrN3O3S2. The van der Waals surface area contributed by atoms with Crippen LogP contribution >= 0.6 is 27.3 Å². The molecule has 1 fully saturated rings. The van der Waals surface area contributed by atoms with Gasteiger partial charge in [0.25, 0.3) is 0 Å². The maximum Gasteiger partial charge on any atom is 0.244 e. The first kappa shape index (κ1) is 14.8. The minimum Gasteiger partial charge on any atom is -0.409 e. The number of aryl methyl sites for hydroxylation is 1. The van der Waals surface area contributed by atoms with Gasteiger partial charge >= 0.3 is 0 Å². The van der Waals surface area contributed by atoms with Gasteiger partial charge in [0.1, 0.15) is 0 Å². The molecule has 2 heterocycles. The van der Waals surface area contributed by atoms with Gasteiger partial charge in [0, 0.05) is 11.4 Å². The van der Waals surface area contributed by atoms with Crippen LogP contribution in [0.5, 0.6) is 0 Å². The molecule has 6 nitrogen and oxygen atoms in total. The lowest BCUT2D eigenvalue weighted by molar-refractivity contribution is 0.311. The third-order valence-corrected chi connectivity index (χ3v) is 6.81. The van der Waals surface area contributed by atoms with Crippen LogP contribution in [0.1, 0.15) is 17.7 Å². The third kappa shape index (κ3) is 2.64. The van der Waals surface area contributed by atoms with Crippen molar-refractivity contribution in [1.29, 1.82) is 0 Å². The number of rotatable bonds is 3. The molecule has 0 radical (unpaired) electrons. The van der Waals surface area contributed by atoms with E-state index in [2.05, 4.69) is 21.1 Å². The van der Waals surface area contributed by atoms with Crippen molar-refractivity contribution in [2.24, 2.45) is 10.9 Å². The largest absolute Gasteiger partial charge is 0.409 e. The monoisotopic (exact) mass is 367 g/mol. The summed E-state index contributed by atoms with van der Waals surface area (Å²) in [6.45, 7) is 2.15. The highest BCUT2D eigenvalue weighted by molar-refractivity contribution is 9.11. The molecule has 1 unspecified atom stereocenters. The topological polar surface area (TPSA) is 96.0 Å². The van der Waals surface area contributed by atoms with Crippen molar-refractivity contribution in [2.45, 2.75) is 30.7 Å². The predicted octanol–water partition coefficient (Wildman–Crippen LogP) is 1.72. The maximum absolute atomic E-state index is 12.6. The van der Waals surface area contributed by atoms with Gasteiger partial charge in [0.2, 0.25) is 10.0 Å². The van der Waals surface area contributed by atoms with Gasteiger partial charge in [-0.25, -0.2) is 8.42 Å². The Balaban J connectivity index is 2.42. The second-order valence-electron chi connectivity index (χ2n) is 4.27. The molecule has 0 aromatic carbocycles. The van der Waals surface area contributed by atoms with Crippen molar-refractivity contribution < 1.29 is 13.6 Å². The number of halogens is 1. The molecule has 2 rings (SSSR count). The van der Waals surface area contributed by atoms with Crippen LogP contribution < -0.4 is 5.73 Å². The quantitative estimate of drug-likeness (QED) is 0.368. The molecule has 1 saturated heterocycles. The first-order valence-electron chi connectivity index (χ1n) is 5.63. The van der Waals surface area contributed by atoms with Crippen LogP contribution in [0.4, 0.5) is 0 Å². The minimum atomic E-state index is -3.61. The van der Waals surface area contributed by atoms with E-state index < -0.39 is 16.1 Å². The van der Waals surface area contributed by atoms with Crippen LogP contribution in [-0.2, 0) is 10.0 Å². The Morgan fingerprint density at radius 1 is 1.68 bits per heavy atom. The van der Waals surface area contributed by atoms with Crippen molar-refractivity contribution in [3.05, 3.63) is 14.7 Å². The minimum absolute atomic E-state index is 0.0620. The zero-order valence-electron chi connectivity index (χ0n) is 10.2. The van der Waals surface area contributed by atoms with Crippen molar-refractivity contribution in [3.63, 3.8) is 0 Å². The summed E-state index contributed by atoms with van der Waals surface area (Å²) in [6.07, 6.45) is 1.27. The highest BCUT2D eigenvalue weighted by Crippen LogP contribution is 2.34. The van der Waals surface area contributed by atoms with E-state index in [0.717, 1.165) is 8.66 Å². The summed E-state index contributed by atoms with van der Waals surface area (Å²) >= 11 is 4.66. The van der Waals surface area contributed by atoms with Gasteiger partial charge in [-0.15, -0.1) is 11.3 Å². The fourth-order valence-corrected chi connectivity index (χ4v) is 6.26. The van der Waals surface area contributed by atoms with E-state index >= 15 is 0 Å². The molecular weight excluding hydrogens is 354 g/mol. The lowest BCUT2D eigenvalue weighted by Gasteiger charge is -2.22. The number of thiophene rings is 1. The van der Waals surface area contributed by atoms with Crippen LogP contribution in [-0.4, -0.2) is 36.4 Å². The number of nitrogens with zero attached hydrogens (tertiary/aromatic N) is 2. The summed E-state index contributed by atoms with van der Waals surface area (Å²) in [7, 11) is -3.61. The molecule has 106 valence electrons. The van der Waals surface area contributed by atoms with Crippen LogP contribution in [0.25, 0.3) is 0 Å². The molecule has 1 atom stereocenters. The normalized spacial score (nSPS) is 22.0. The van der Waals surface area contributed by atoms with Crippen molar-refractivity contribution in [3.8, 4) is 0 Å². The number of nitrogens with two attached hydrogens (primary N) is 1. The van der Waals surface area contributed by atoms with Crippen LogP contribution in [0.15, 0.2) is 19.9 Å². The molecule has 0 aliphatic carbocycles. The Morgan fingerprint density at radius 3 is 2.89 bits per heavy atom. The highest BCUT2D eigenvalue weighted by Gasteiger charge is 2.38. The van der Waals surface area contributed by atoms with E-state index in [1.165, 1.54) is 15.6 Å². The standard InChI is InChI=1S/C10H14BrN3O3S2/c1-6-8(5-9(11)18-6)19(16,17)14-4-2-3-7(14)10(12)13-15/h5,7,15H,2-4H2,1H3,(H2,12,13). The van der Waals surface area contributed by atoms with E-state index in [4.69, 9.17) is 10.9 Å². The van der Waals surface area contributed by atoms with Gasteiger partial charge < -0.3 is 10.9 Å². The van der Waals surface area contributed by atoms with Gasteiger partial charge in [-0.3, -0.25) is 0 Å². The number of oxime groups is 1. The smallest absolute Gasteiger partial charge is 0.244 e. The summed E-state index contributed by atoms with van der Waals surface area (Å²) in [6, 6.07) is 1.03. The second-order valence-corrected chi connectivity index (χ2v) is 8.76. The van der Waals surface area contributed by atoms with Crippen molar-refractivity contribution >= 4 is 43.1 Å². The van der Waals surface area contributed by atoms with Gasteiger partial charge in [-0.05, 0) is 41.8 Å². The molecule has 0 amide bonds. The Hall–Kier alpha value is -0.640. The first-order chi connectivity index (χ1) is 8.87. The van der Waals surface area contributed by atoms with Crippen molar-refractivity contribution in [1.82, 2.24) is 4.31 Å². The summed E-state index contributed by atoms with van der Waals surface area (Å²) in [5.41, 5.74) is 5.57. The van der Waals surface area contributed by atoms with Crippen LogP contribution in [0.3, 0.4) is 0 Å². The van der Waals surface area contributed by atoms with Crippen LogP contribution in [0, 0.1) is 6.92 Å². The molecule has 0 saturated carbocycles. The maximum atomic E-state index is 12.6. The van der Waals surface area contributed by atoms with Gasteiger partial charge in [-0.2, -0.15) is 4.31 Å². The molecule has 1 aliphatic rings. The third-order valence-electron chi connectivity index (χ3n) is 3.09. The van der Waals surface area contributed by atoms with E-state index in [9.17, 15) is 8.42 Å². The lowest BCUT2D eigenvalue weighted by Crippen LogP contribution is -2.43. The highest BCUT2D eigenvalue weighted by atomic mass is 79.9. The zero-order valence-corrected chi connectivity index (χ0v) is 13.4. The number of sulfonamides is 1. The van der Waals surface area contributed by atoms with E-state index in [0.29, 0.717) is 19.4 Å². The Bertz CT molecular complexity index is 612. The Labute approximate surface area is 124 Å². The molecule has 0 bridgehead atoms. The molecule has 0 spiro atoms. The number of hydrogen-bond donors (Lipinski definition) is 2. The zero-order chi connectivity index (χ0) is 14.2. The average molecular weight is 368 g/mol. The van der Waals surface area contributed by atoms with Crippen LogP contribution in [0.2, 0.25) is 0 Å². The van der Waals surface area contributed by atoms with E-state index in [1.54, 1.807) is 13.0 Å². The fourth-order valence-electron chi connectivity index (χ4n) is 2.20. The molecule has 1 aromatic rings. The molecule has 19 heavy (non-hydrogen) atoms. The number of hydrogen-bond acceptors (Lipinski definition) is 5. The summed E-state index contributed by atoms with van der Waals surface area (Å²) in [4.78, 5) is 0.999. The van der Waals surface area contributed by atoms with E-state index in [-0.39, 0.29) is 10.7 Å². The predicted molar refractivity (Wildman–Crippen MR) is 77.1 cm³/mol. The molecule has 3 N–H and O–H groups in total. The molecule has 1 aromatic heterocycles.